The highest BCUT2D eigenvalue weighted by Crippen LogP contribution is 2.23. The van der Waals surface area contributed by atoms with Gasteiger partial charge in [-0.3, -0.25) is 0 Å². The molecule has 0 aliphatic carbocycles. The molecule has 0 aliphatic heterocycles. The van der Waals surface area contributed by atoms with Gasteiger partial charge in [-0.1, -0.05) is 53.2 Å². The molecule has 4 heteroatoms. The second kappa shape index (κ2) is 7.07. The first-order valence-electron chi connectivity index (χ1n) is 7.11. The van der Waals surface area contributed by atoms with Crippen molar-refractivity contribution in [1.29, 1.82) is 0 Å². The number of hydrogen-bond acceptors (Lipinski definition) is 2. The van der Waals surface area contributed by atoms with Gasteiger partial charge in [-0.05, 0) is 36.2 Å². The Balaban J connectivity index is 2.09. The summed E-state index contributed by atoms with van der Waals surface area (Å²) in [6.07, 6.45) is 0.836. The number of aromatic nitrogens is 1. The van der Waals surface area contributed by atoms with Crippen LogP contribution >= 0.6 is 27.3 Å². The number of rotatable bonds is 4. The van der Waals surface area contributed by atoms with E-state index in [4.69, 9.17) is 4.99 Å². The van der Waals surface area contributed by atoms with Gasteiger partial charge < -0.3 is 4.57 Å². The van der Waals surface area contributed by atoms with Crippen molar-refractivity contribution in [1.82, 2.24) is 4.57 Å². The third-order valence-corrected chi connectivity index (χ3v) is 4.69. The Hall–Kier alpha value is -1.65. The molecule has 1 heterocycles. The molecule has 1 radical (unpaired) electrons. The molecular formula is C18H16BrN2S. The zero-order valence-corrected chi connectivity index (χ0v) is 14.5. The van der Waals surface area contributed by atoms with Gasteiger partial charge in [-0.25, -0.2) is 4.99 Å². The average Bonchev–Trinajstić information content (AvgIpc) is 2.92. The van der Waals surface area contributed by atoms with Crippen LogP contribution in [0.25, 0.3) is 11.3 Å². The first-order valence-corrected chi connectivity index (χ1v) is 8.78. The van der Waals surface area contributed by atoms with Crippen LogP contribution < -0.4 is 4.80 Å². The topological polar surface area (TPSA) is 17.3 Å². The van der Waals surface area contributed by atoms with Gasteiger partial charge >= 0.3 is 0 Å². The Morgan fingerprint density at radius 1 is 1.05 bits per heavy atom. The number of para-hydroxylation sites is 1. The summed E-state index contributed by atoms with van der Waals surface area (Å²) in [6.45, 7) is 4.85. The largest absolute Gasteiger partial charge is 0.316 e. The fourth-order valence-electron chi connectivity index (χ4n) is 2.26. The van der Waals surface area contributed by atoms with E-state index < -0.39 is 0 Å². The smallest absolute Gasteiger partial charge is 0.190 e. The third-order valence-electron chi connectivity index (χ3n) is 3.30. The number of benzene rings is 2. The lowest BCUT2D eigenvalue weighted by atomic mass is 10.2. The number of hydrogen-bond donors (Lipinski definition) is 0. The molecule has 0 saturated carbocycles. The normalized spacial score (nSPS) is 11.8. The summed E-state index contributed by atoms with van der Waals surface area (Å²) in [5.74, 6) is 0. The molecule has 22 heavy (non-hydrogen) atoms. The zero-order valence-electron chi connectivity index (χ0n) is 12.1. The molecule has 0 unspecified atom stereocenters. The van der Waals surface area contributed by atoms with Crippen molar-refractivity contribution in [3.8, 4) is 11.3 Å². The summed E-state index contributed by atoms with van der Waals surface area (Å²) in [7, 11) is 0. The Bertz CT molecular complexity index is 801. The van der Waals surface area contributed by atoms with Crippen LogP contribution in [0.5, 0.6) is 0 Å². The molecule has 0 atom stereocenters. The highest BCUT2D eigenvalue weighted by molar-refractivity contribution is 9.10. The predicted molar refractivity (Wildman–Crippen MR) is 97.1 cm³/mol. The molecule has 0 aliphatic rings. The standard InChI is InChI=1S/C18H16BrN2S/c1-2-12-21-17(14-8-10-15(19)11-9-14)13-22-18(21)20-16-6-4-3-5-7-16/h3-11,13H,1-2,12H2. The van der Waals surface area contributed by atoms with Crippen molar-refractivity contribution in [3.63, 3.8) is 0 Å². The molecule has 111 valence electrons. The van der Waals surface area contributed by atoms with Crippen molar-refractivity contribution in [2.45, 2.75) is 13.0 Å². The predicted octanol–water partition coefficient (Wildman–Crippen LogP) is 5.44. The third kappa shape index (κ3) is 3.39. The Morgan fingerprint density at radius 3 is 2.45 bits per heavy atom. The highest BCUT2D eigenvalue weighted by atomic mass is 79.9. The number of nitrogens with zero attached hydrogens (tertiary/aromatic N) is 2. The van der Waals surface area contributed by atoms with E-state index in [2.05, 4.69) is 57.1 Å². The van der Waals surface area contributed by atoms with Gasteiger partial charge in [0.15, 0.2) is 4.80 Å². The molecule has 3 aromatic rings. The monoisotopic (exact) mass is 371 g/mol. The summed E-state index contributed by atoms with van der Waals surface area (Å²) in [6, 6.07) is 18.4. The van der Waals surface area contributed by atoms with Gasteiger partial charge in [0.1, 0.15) is 0 Å². The van der Waals surface area contributed by atoms with E-state index in [9.17, 15) is 0 Å². The molecule has 0 spiro atoms. The van der Waals surface area contributed by atoms with Gasteiger partial charge in [0.2, 0.25) is 0 Å². The van der Waals surface area contributed by atoms with Crippen LogP contribution in [0.4, 0.5) is 5.69 Å². The minimum Gasteiger partial charge on any atom is -0.316 e. The van der Waals surface area contributed by atoms with Gasteiger partial charge in [0.05, 0.1) is 11.4 Å². The molecule has 3 rings (SSSR count). The van der Waals surface area contributed by atoms with Crippen LogP contribution in [0, 0.1) is 6.92 Å². The summed E-state index contributed by atoms with van der Waals surface area (Å²) in [5.41, 5.74) is 3.36. The molecular weight excluding hydrogens is 356 g/mol. The quantitative estimate of drug-likeness (QED) is 0.581. The van der Waals surface area contributed by atoms with Crippen LogP contribution in [0.2, 0.25) is 0 Å². The summed E-state index contributed by atoms with van der Waals surface area (Å²) in [5, 5.41) is 2.17. The first kappa shape index (κ1) is 15.3. The molecule has 2 aromatic carbocycles. The molecule has 0 amide bonds. The van der Waals surface area contributed by atoms with Gasteiger partial charge in [0.25, 0.3) is 0 Å². The fraction of sp³-hybridized carbons (Fsp3) is 0.111. The van der Waals surface area contributed by atoms with Gasteiger partial charge in [-0.15, -0.1) is 11.3 Å². The molecule has 0 saturated heterocycles. The fourth-order valence-corrected chi connectivity index (χ4v) is 3.48. The van der Waals surface area contributed by atoms with E-state index in [-0.39, 0.29) is 0 Å². The Kier molecular flexibility index (Phi) is 4.90. The maximum Gasteiger partial charge on any atom is 0.190 e. The minimum atomic E-state index is 0.836. The molecule has 2 nitrogen and oxygen atoms in total. The summed E-state index contributed by atoms with van der Waals surface area (Å²) >= 11 is 5.15. The second-order valence-corrected chi connectivity index (χ2v) is 6.62. The molecule has 0 bridgehead atoms. The first-order chi connectivity index (χ1) is 10.8. The van der Waals surface area contributed by atoms with Crippen LogP contribution in [0.15, 0.2) is 69.4 Å². The Labute approximate surface area is 142 Å². The highest BCUT2D eigenvalue weighted by Gasteiger charge is 2.07. The van der Waals surface area contributed by atoms with Crippen molar-refractivity contribution in [2.75, 3.05) is 0 Å². The van der Waals surface area contributed by atoms with Gasteiger partial charge in [-0.2, -0.15) is 0 Å². The van der Waals surface area contributed by atoms with Crippen LogP contribution in [-0.2, 0) is 6.54 Å². The van der Waals surface area contributed by atoms with Crippen LogP contribution in [-0.4, -0.2) is 4.57 Å². The van der Waals surface area contributed by atoms with Crippen LogP contribution in [0.3, 0.4) is 0 Å². The SMILES string of the molecule is [CH2]CCn1c(-c2ccc(Br)cc2)csc1=Nc1ccccc1. The van der Waals surface area contributed by atoms with Crippen molar-refractivity contribution < 1.29 is 0 Å². The number of halogens is 1. The van der Waals surface area contributed by atoms with E-state index in [1.54, 1.807) is 11.3 Å². The van der Waals surface area contributed by atoms with Gasteiger partial charge in [0, 0.05) is 16.4 Å². The summed E-state index contributed by atoms with van der Waals surface area (Å²) in [4.78, 5) is 5.78. The zero-order chi connectivity index (χ0) is 15.4. The second-order valence-electron chi connectivity index (χ2n) is 4.86. The van der Waals surface area contributed by atoms with Crippen molar-refractivity contribution in [3.05, 3.63) is 76.2 Å². The molecule has 0 fully saturated rings. The van der Waals surface area contributed by atoms with Crippen LogP contribution in [0.1, 0.15) is 6.42 Å². The average molecular weight is 372 g/mol. The Morgan fingerprint density at radius 2 is 1.77 bits per heavy atom. The number of thiazole rings is 1. The van der Waals surface area contributed by atoms with E-state index in [0.29, 0.717) is 0 Å². The maximum absolute atomic E-state index is 4.77. The summed E-state index contributed by atoms with van der Waals surface area (Å²) < 4.78 is 3.33. The lowest BCUT2D eigenvalue weighted by Crippen LogP contribution is -2.15. The van der Waals surface area contributed by atoms with Crippen molar-refractivity contribution in [2.24, 2.45) is 4.99 Å². The minimum absolute atomic E-state index is 0.836. The lowest BCUT2D eigenvalue weighted by molar-refractivity contribution is 0.695. The van der Waals surface area contributed by atoms with E-state index in [1.165, 1.54) is 11.3 Å². The lowest BCUT2D eigenvalue weighted by Gasteiger charge is -2.07. The molecule has 0 N–H and O–H groups in total. The maximum atomic E-state index is 4.77. The van der Waals surface area contributed by atoms with E-state index in [0.717, 1.165) is 27.9 Å². The van der Waals surface area contributed by atoms with E-state index >= 15 is 0 Å². The van der Waals surface area contributed by atoms with E-state index in [1.807, 2.05) is 30.3 Å². The molecule has 1 aromatic heterocycles. The van der Waals surface area contributed by atoms with Crippen molar-refractivity contribution >= 4 is 33.0 Å².